The molecule has 1 N–H and O–H groups in total. The van der Waals surface area contributed by atoms with E-state index in [1.807, 2.05) is 0 Å². The smallest absolute Gasteiger partial charge is 0.251 e. The molecule has 0 saturated carbocycles. The number of anilines is 1. The first-order valence-electron chi connectivity index (χ1n) is 4.53. The van der Waals surface area contributed by atoms with E-state index in [1.165, 1.54) is 11.1 Å². The number of phenols is 1. The van der Waals surface area contributed by atoms with Gasteiger partial charge in [0, 0.05) is 6.42 Å². The summed E-state index contributed by atoms with van der Waals surface area (Å²) in [4.78, 5) is 16.6. The number of aromatic hydroxyl groups is 1. The van der Waals surface area contributed by atoms with Gasteiger partial charge < -0.3 is 5.11 Å². The summed E-state index contributed by atoms with van der Waals surface area (Å²) in [7, 11) is 0. The molecule has 1 aliphatic rings. The summed E-state index contributed by atoms with van der Waals surface area (Å²) < 4.78 is 0. The fourth-order valence-corrected chi connectivity index (χ4v) is 1.39. The number of para-hydroxylation sites is 2. The maximum absolute atomic E-state index is 11.4. The molecule has 0 bridgehead atoms. The quantitative estimate of drug-likeness (QED) is 0.734. The van der Waals surface area contributed by atoms with E-state index in [0.29, 0.717) is 18.7 Å². The van der Waals surface area contributed by atoms with E-state index >= 15 is 0 Å². The van der Waals surface area contributed by atoms with Gasteiger partial charge in [-0.15, -0.1) is 0 Å². The minimum atomic E-state index is -0.113. The molecule has 1 aromatic carbocycles. The second-order valence-corrected chi connectivity index (χ2v) is 3.11. The highest BCUT2D eigenvalue weighted by molar-refractivity contribution is 5.93. The van der Waals surface area contributed by atoms with E-state index in [1.54, 1.807) is 18.2 Å². The van der Waals surface area contributed by atoms with Gasteiger partial charge in [-0.1, -0.05) is 12.1 Å². The van der Waals surface area contributed by atoms with E-state index in [0.717, 1.165) is 6.42 Å². The molecule has 1 amide bonds. The van der Waals surface area contributed by atoms with Crippen LogP contribution in [0.2, 0.25) is 0 Å². The molecule has 1 aliphatic heterocycles. The van der Waals surface area contributed by atoms with Crippen LogP contribution < -0.4 is 5.06 Å². The van der Waals surface area contributed by atoms with Gasteiger partial charge >= 0.3 is 0 Å². The van der Waals surface area contributed by atoms with Crippen molar-refractivity contribution < 1.29 is 14.7 Å². The van der Waals surface area contributed by atoms with Crippen molar-refractivity contribution in [2.45, 2.75) is 12.8 Å². The monoisotopic (exact) mass is 193 g/mol. The van der Waals surface area contributed by atoms with Gasteiger partial charge in [-0.3, -0.25) is 9.63 Å². The first kappa shape index (κ1) is 9.02. The zero-order valence-electron chi connectivity index (χ0n) is 7.64. The van der Waals surface area contributed by atoms with Crippen LogP contribution in [-0.2, 0) is 9.63 Å². The Morgan fingerprint density at radius 1 is 1.36 bits per heavy atom. The highest BCUT2D eigenvalue weighted by Gasteiger charge is 2.22. The standard InChI is InChI=1S/C10H11NO3/c12-9-5-2-1-4-8(9)11-10(13)6-3-7-14-11/h1-2,4-5,12H,3,6-7H2. The number of hydrogen-bond acceptors (Lipinski definition) is 3. The molecule has 4 nitrogen and oxygen atoms in total. The van der Waals surface area contributed by atoms with E-state index in [-0.39, 0.29) is 11.7 Å². The van der Waals surface area contributed by atoms with Crippen molar-refractivity contribution in [1.82, 2.24) is 0 Å². The van der Waals surface area contributed by atoms with Gasteiger partial charge in [-0.2, -0.15) is 5.06 Å². The van der Waals surface area contributed by atoms with Gasteiger partial charge in [0.15, 0.2) is 0 Å². The number of nitrogens with zero attached hydrogens (tertiary/aromatic N) is 1. The van der Waals surface area contributed by atoms with Gasteiger partial charge in [0.2, 0.25) is 0 Å². The van der Waals surface area contributed by atoms with Crippen LogP contribution in [0.5, 0.6) is 5.75 Å². The molecular weight excluding hydrogens is 182 g/mol. The Balaban J connectivity index is 2.29. The molecule has 1 aromatic rings. The predicted molar refractivity (Wildman–Crippen MR) is 50.8 cm³/mol. The van der Waals surface area contributed by atoms with Crippen molar-refractivity contribution in [3.8, 4) is 5.75 Å². The first-order valence-corrected chi connectivity index (χ1v) is 4.53. The molecule has 1 saturated heterocycles. The fraction of sp³-hybridized carbons (Fsp3) is 0.300. The summed E-state index contributed by atoms with van der Waals surface area (Å²) in [5.74, 6) is -0.0551. The molecule has 4 heteroatoms. The van der Waals surface area contributed by atoms with Gasteiger partial charge in [-0.25, -0.2) is 0 Å². The van der Waals surface area contributed by atoms with Crippen LogP contribution in [0.25, 0.3) is 0 Å². The zero-order chi connectivity index (χ0) is 9.97. The Hall–Kier alpha value is -1.55. The maximum Gasteiger partial charge on any atom is 0.251 e. The number of hydroxylamine groups is 1. The van der Waals surface area contributed by atoms with Gasteiger partial charge in [0.25, 0.3) is 5.91 Å². The van der Waals surface area contributed by atoms with Crippen LogP contribution in [0.3, 0.4) is 0 Å². The van der Waals surface area contributed by atoms with Crippen molar-refractivity contribution in [1.29, 1.82) is 0 Å². The molecular formula is C10H11NO3. The summed E-state index contributed by atoms with van der Waals surface area (Å²) in [5, 5.41) is 10.7. The second kappa shape index (κ2) is 3.67. The predicted octanol–water partition coefficient (Wildman–Crippen LogP) is 1.45. The largest absolute Gasteiger partial charge is 0.506 e. The van der Waals surface area contributed by atoms with Crippen LogP contribution in [-0.4, -0.2) is 17.6 Å². The molecule has 74 valence electrons. The Morgan fingerprint density at radius 2 is 2.14 bits per heavy atom. The molecule has 0 radical (unpaired) electrons. The molecule has 2 rings (SSSR count). The number of amides is 1. The van der Waals surface area contributed by atoms with Crippen molar-refractivity contribution in [3.63, 3.8) is 0 Å². The summed E-state index contributed by atoms with van der Waals surface area (Å²) >= 11 is 0. The van der Waals surface area contributed by atoms with Crippen LogP contribution in [0, 0.1) is 0 Å². The molecule has 1 fully saturated rings. The molecule has 0 aliphatic carbocycles. The zero-order valence-corrected chi connectivity index (χ0v) is 7.64. The molecule has 0 atom stereocenters. The highest BCUT2D eigenvalue weighted by atomic mass is 16.7. The average Bonchev–Trinajstić information content (AvgIpc) is 2.20. The van der Waals surface area contributed by atoms with Crippen LogP contribution in [0.1, 0.15) is 12.8 Å². The average molecular weight is 193 g/mol. The number of carbonyl (C=O) groups excluding carboxylic acids is 1. The summed E-state index contributed by atoms with van der Waals surface area (Å²) in [5.41, 5.74) is 0.414. The third-order valence-electron chi connectivity index (χ3n) is 2.08. The van der Waals surface area contributed by atoms with Crippen molar-refractivity contribution in [2.24, 2.45) is 0 Å². The normalized spacial score (nSPS) is 17.1. The summed E-state index contributed by atoms with van der Waals surface area (Å²) in [6.07, 6.45) is 1.21. The number of benzene rings is 1. The summed E-state index contributed by atoms with van der Waals surface area (Å²) in [6, 6.07) is 6.63. The molecule has 0 unspecified atom stereocenters. The second-order valence-electron chi connectivity index (χ2n) is 3.11. The lowest BCUT2D eigenvalue weighted by molar-refractivity contribution is -0.130. The third kappa shape index (κ3) is 1.56. The topological polar surface area (TPSA) is 49.8 Å². The molecule has 14 heavy (non-hydrogen) atoms. The Kier molecular flexibility index (Phi) is 2.37. The van der Waals surface area contributed by atoms with E-state index in [4.69, 9.17) is 4.84 Å². The van der Waals surface area contributed by atoms with Crippen LogP contribution in [0.15, 0.2) is 24.3 Å². The first-order chi connectivity index (χ1) is 6.79. The Morgan fingerprint density at radius 3 is 2.86 bits per heavy atom. The lowest BCUT2D eigenvalue weighted by Gasteiger charge is -2.26. The van der Waals surface area contributed by atoms with Gasteiger partial charge in [-0.05, 0) is 18.6 Å². The SMILES string of the molecule is O=C1CCCON1c1ccccc1O. The van der Waals surface area contributed by atoms with E-state index < -0.39 is 0 Å². The lowest BCUT2D eigenvalue weighted by atomic mass is 10.2. The van der Waals surface area contributed by atoms with Crippen molar-refractivity contribution in [2.75, 3.05) is 11.7 Å². The lowest BCUT2D eigenvalue weighted by Crippen LogP contribution is -2.35. The number of rotatable bonds is 1. The van der Waals surface area contributed by atoms with E-state index in [9.17, 15) is 9.90 Å². The number of hydrogen-bond donors (Lipinski definition) is 1. The minimum Gasteiger partial charge on any atom is -0.506 e. The van der Waals surface area contributed by atoms with Gasteiger partial charge in [0.05, 0.1) is 6.61 Å². The molecule has 0 aromatic heterocycles. The van der Waals surface area contributed by atoms with Crippen molar-refractivity contribution in [3.05, 3.63) is 24.3 Å². The Labute approximate surface area is 81.7 Å². The summed E-state index contributed by atoms with van der Waals surface area (Å²) in [6.45, 7) is 0.514. The minimum absolute atomic E-state index is 0.0581. The van der Waals surface area contributed by atoms with Gasteiger partial charge in [0.1, 0.15) is 11.4 Å². The van der Waals surface area contributed by atoms with Crippen LogP contribution in [0.4, 0.5) is 5.69 Å². The third-order valence-corrected chi connectivity index (χ3v) is 2.08. The van der Waals surface area contributed by atoms with Crippen molar-refractivity contribution >= 4 is 11.6 Å². The fourth-order valence-electron chi connectivity index (χ4n) is 1.39. The number of carbonyl (C=O) groups is 1. The maximum atomic E-state index is 11.4. The molecule has 0 spiro atoms. The van der Waals surface area contributed by atoms with Crippen LogP contribution >= 0.6 is 0 Å². The Bertz CT molecular complexity index is 351. The molecule has 1 heterocycles. The number of phenolic OH excluding ortho intramolecular Hbond substituents is 1. The van der Waals surface area contributed by atoms with E-state index in [2.05, 4.69) is 0 Å². The highest BCUT2D eigenvalue weighted by Crippen LogP contribution is 2.28.